The van der Waals surface area contributed by atoms with Crippen molar-refractivity contribution in [3.8, 4) is 22.6 Å². The Balaban J connectivity index is 1.38. The topological polar surface area (TPSA) is 78.4 Å². The molecule has 1 aliphatic heterocycles. The van der Waals surface area contributed by atoms with Crippen LogP contribution in [-0.4, -0.2) is 34.1 Å². The van der Waals surface area contributed by atoms with Gasteiger partial charge in [0.1, 0.15) is 11.6 Å². The number of halogens is 3. The summed E-state index contributed by atoms with van der Waals surface area (Å²) in [5.74, 6) is -1.95. The molecule has 0 saturated carbocycles. The molecule has 1 N–H and O–H groups in total. The monoisotopic (exact) mass is 506 g/mol. The summed E-state index contributed by atoms with van der Waals surface area (Å²) in [7, 11) is 1.84. The lowest BCUT2D eigenvalue weighted by Crippen LogP contribution is -2.28. The minimum atomic E-state index is -3.40. The van der Waals surface area contributed by atoms with Crippen molar-refractivity contribution in [2.75, 3.05) is 5.32 Å². The standard InChI is InChI=1S/C25H21ClF2N8/c1-15-13-35-14-17(16-7-9-29-21(12-16)31-22-8-10-30-34(22)2)11-20(35)23-32-33-24(36(15)23)25(27,28)18-5-3-4-6-19(18)26/h3-12,14-15H,13H2,1-2H3,(H,29,31)/t15-/m0/s1. The molecule has 6 rings (SSSR count). The van der Waals surface area contributed by atoms with Crippen molar-refractivity contribution in [2.45, 2.75) is 25.4 Å². The molecule has 182 valence electrons. The summed E-state index contributed by atoms with van der Waals surface area (Å²) in [5.41, 5.74) is 2.27. The second-order valence-corrected chi connectivity index (χ2v) is 9.19. The van der Waals surface area contributed by atoms with Gasteiger partial charge in [0, 0.05) is 43.2 Å². The van der Waals surface area contributed by atoms with Crippen molar-refractivity contribution < 1.29 is 8.78 Å². The van der Waals surface area contributed by atoms with E-state index in [4.69, 9.17) is 11.6 Å². The fraction of sp³-hybridized carbons (Fsp3) is 0.200. The van der Waals surface area contributed by atoms with Crippen molar-refractivity contribution in [3.05, 3.63) is 83.5 Å². The molecule has 0 bridgehead atoms. The zero-order valence-electron chi connectivity index (χ0n) is 19.4. The summed E-state index contributed by atoms with van der Waals surface area (Å²) in [6, 6.07) is 13.3. The Hall–Kier alpha value is -4.05. The molecule has 1 aromatic carbocycles. The van der Waals surface area contributed by atoms with Crippen LogP contribution in [0.5, 0.6) is 0 Å². The molecule has 36 heavy (non-hydrogen) atoms. The van der Waals surface area contributed by atoms with Crippen LogP contribution in [0.4, 0.5) is 20.4 Å². The van der Waals surface area contributed by atoms with Gasteiger partial charge in [0.2, 0.25) is 5.82 Å². The van der Waals surface area contributed by atoms with Crippen molar-refractivity contribution in [3.63, 3.8) is 0 Å². The summed E-state index contributed by atoms with van der Waals surface area (Å²) in [4.78, 5) is 4.40. The first-order valence-electron chi connectivity index (χ1n) is 11.3. The van der Waals surface area contributed by atoms with E-state index in [1.165, 1.54) is 22.8 Å². The van der Waals surface area contributed by atoms with Crippen LogP contribution in [0.1, 0.15) is 24.4 Å². The third-order valence-electron chi connectivity index (χ3n) is 6.39. The average Bonchev–Trinajstić information content (AvgIpc) is 3.58. The summed E-state index contributed by atoms with van der Waals surface area (Å²) in [6.45, 7) is 2.38. The van der Waals surface area contributed by atoms with Crippen molar-refractivity contribution in [1.29, 1.82) is 0 Å². The molecule has 8 nitrogen and oxygen atoms in total. The maximum absolute atomic E-state index is 15.6. The molecule has 4 aromatic heterocycles. The molecule has 0 spiro atoms. The molecule has 0 radical (unpaired) electrons. The van der Waals surface area contributed by atoms with Gasteiger partial charge in [-0.15, -0.1) is 10.2 Å². The van der Waals surface area contributed by atoms with Gasteiger partial charge >= 0.3 is 5.92 Å². The number of fused-ring (bicyclic) bond motifs is 3. The Labute approximate surface area is 210 Å². The van der Waals surface area contributed by atoms with E-state index >= 15 is 8.78 Å². The number of pyridine rings is 1. The molecule has 0 unspecified atom stereocenters. The number of nitrogens with zero attached hydrogens (tertiary/aromatic N) is 7. The molecule has 5 aromatic rings. The van der Waals surface area contributed by atoms with Crippen LogP contribution >= 0.6 is 11.6 Å². The third-order valence-corrected chi connectivity index (χ3v) is 6.72. The molecule has 11 heteroatoms. The Bertz CT molecular complexity index is 1580. The number of anilines is 2. The van der Waals surface area contributed by atoms with Crippen LogP contribution in [0.25, 0.3) is 22.6 Å². The number of nitrogens with one attached hydrogen (secondary N) is 1. The van der Waals surface area contributed by atoms with Gasteiger partial charge in [-0.25, -0.2) is 4.98 Å². The predicted molar refractivity (Wildman–Crippen MR) is 132 cm³/mol. The molecular formula is C25H21ClF2N8. The lowest BCUT2D eigenvalue weighted by atomic mass is 10.1. The Morgan fingerprint density at radius 1 is 1.06 bits per heavy atom. The number of aromatic nitrogens is 7. The van der Waals surface area contributed by atoms with Gasteiger partial charge in [0.25, 0.3) is 0 Å². The first-order valence-corrected chi connectivity index (χ1v) is 11.7. The maximum Gasteiger partial charge on any atom is 0.333 e. The SMILES string of the molecule is C[C@H]1Cn2cc(-c3ccnc(Nc4ccnn4C)c3)cc2-c2nnc(C(F)(F)c3ccccc3Cl)n21. The summed E-state index contributed by atoms with van der Waals surface area (Å²) in [6.07, 6.45) is 5.42. The number of benzene rings is 1. The second-order valence-electron chi connectivity index (χ2n) is 8.78. The third kappa shape index (κ3) is 3.56. The highest BCUT2D eigenvalue weighted by molar-refractivity contribution is 6.31. The van der Waals surface area contributed by atoms with Gasteiger partial charge < -0.3 is 9.88 Å². The van der Waals surface area contributed by atoms with Crippen molar-refractivity contribution in [1.82, 2.24) is 34.1 Å². The molecule has 0 saturated heterocycles. The minimum Gasteiger partial charge on any atom is -0.342 e. The number of hydrogen-bond acceptors (Lipinski definition) is 5. The zero-order valence-corrected chi connectivity index (χ0v) is 20.2. The van der Waals surface area contributed by atoms with E-state index < -0.39 is 11.7 Å². The average molecular weight is 507 g/mol. The van der Waals surface area contributed by atoms with Gasteiger partial charge in [-0.1, -0.05) is 29.8 Å². The molecule has 0 aliphatic carbocycles. The molecule has 1 atom stereocenters. The number of rotatable bonds is 5. The number of hydrogen-bond donors (Lipinski definition) is 1. The summed E-state index contributed by atoms with van der Waals surface area (Å²) in [5, 5.41) is 15.5. The number of alkyl halides is 2. The molecule has 1 aliphatic rings. The van der Waals surface area contributed by atoms with Gasteiger partial charge in [0.15, 0.2) is 5.82 Å². The summed E-state index contributed by atoms with van der Waals surface area (Å²) >= 11 is 6.11. The molecule has 5 heterocycles. The quantitative estimate of drug-likeness (QED) is 0.333. The van der Waals surface area contributed by atoms with E-state index in [2.05, 4.69) is 25.6 Å². The molecular weight excluding hydrogens is 486 g/mol. The fourth-order valence-corrected chi connectivity index (χ4v) is 4.87. The van der Waals surface area contributed by atoms with E-state index in [0.29, 0.717) is 18.2 Å². The first kappa shape index (κ1) is 22.4. The highest BCUT2D eigenvalue weighted by atomic mass is 35.5. The van der Waals surface area contributed by atoms with Gasteiger partial charge in [0.05, 0.1) is 23.0 Å². The van der Waals surface area contributed by atoms with Crippen molar-refractivity contribution >= 4 is 23.2 Å². The fourth-order valence-electron chi connectivity index (χ4n) is 4.61. The van der Waals surface area contributed by atoms with Crippen LogP contribution in [0.3, 0.4) is 0 Å². The van der Waals surface area contributed by atoms with Gasteiger partial charge in [-0.2, -0.15) is 13.9 Å². The normalized spacial score (nSPS) is 15.0. The number of aryl methyl sites for hydroxylation is 1. The van der Waals surface area contributed by atoms with Gasteiger partial charge in [-0.3, -0.25) is 9.25 Å². The lowest BCUT2D eigenvalue weighted by molar-refractivity contribution is 0.0269. The summed E-state index contributed by atoms with van der Waals surface area (Å²) < 4.78 is 36.4. The Morgan fingerprint density at radius 3 is 2.67 bits per heavy atom. The van der Waals surface area contributed by atoms with E-state index in [1.807, 2.05) is 49.0 Å². The lowest BCUT2D eigenvalue weighted by Gasteiger charge is -2.27. The van der Waals surface area contributed by atoms with Crippen molar-refractivity contribution in [2.24, 2.45) is 7.05 Å². The molecule has 0 amide bonds. The van der Waals surface area contributed by atoms with E-state index in [0.717, 1.165) is 22.6 Å². The smallest absolute Gasteiger partial charge is 0.333 e. The zero-order chi connectivity index (χ0) is 25.0. The van der Waals surface area contributed by atoms with Crippen LogP contribution in [0.2, 0.25) is 5.02 Å². The van der Waals surface area contributed by atoms with E-state index in [9.17, 15) is 0 Å². The highest BCUT2D eigenvalue weighted by Gasteiger charge is 2.44. The Morgan fingerprint density at radius 2 is 1.89 bits per heavy atom. The maximum atomic E-state index is 15.6. The van der Waals surface area contributed by atoms with E-state index in [1.54, 1.807) is 23.1 Å². The van der Waals surface area contributed by atoms with Gasteiger partial charge in [-0.05, 0) is 36.8 Å². The van der Waals surface area contributed by atoms with Crippen LogP contribution in [-0.2, 0) is 19.5 Å². The predicted octanol–water partition coefficient (Wildman–Crippen LogP) is 5.65. The minimum absolute atomic E-state index is 0.0119. The van der Waals surface area contributed by atoms with Crippen LogP contribution in [0, 0.1) is 0 Å². The van der Waals surface area contributed by atoms with E-state index in [-0.39, 0.29) is 16.6 Å². The highest BCUT2D eigenvalue weighted by Crippen LogP contribution is 2.43. The van der Waals surface area contributed by atoms with Crippen LogP contribution in [0.15, 0.2) is 67.1 Å². The Kier molecular flexibility index (Phi) is 5.15. The molecule has 0 fully saturated rings. The second kappa shape index (κ2) is 8.27. The first-order chi connectivity index (χ1) is 17.3. The largest absolute Gasteiger partial charge is 0.342 e. The van der Waals surface area contributed by atoms with Crippen LogP contribution < -0.4 is 5.32 Å².